The van der Waals surface area contributed by atoms with Crippen LogP contribution in [0.3, 0.4) is 0 Å². The van der Waals surface area contributed by atoms with E-state index in [2.05, 4.69) is 34.1 Å². The van der Waals surface area contributed by atoms with E-state index in [0.717, 1.165) is 32.7 Å². The van der Waals surface area contributed by atoms with Gasteiger partial charge in [0.05, 0.1) is 17.2 Å². The summed E-state index contributed by atoms with van der Waals surface area (Å²) in [4.78, 5) is 33.7. The van der Waals surface area contributed by atoms with Crippen LogP contribution in [0.4, 0.5) is 0 Å². The molecule has 3 aromatic rings. The Morgan fingerprint density at radius 2 is 1.64 bits per heavy atom. The summed E-state index contributed by atoms with van der Waals surface area (Å²) in [5, 5.41) is 0.590. The Kier molecular flexibility index (Phi) is 5.48. The molecule has 2 heterocycles. The molecule has 0 saturated carbocycles. The molecule has 6 nitrogen and oxygen atoms in total. The average molecular weight is 376 g/mol. The van der Waals surface area contributed by atoms with Crippen molar-refractivity contribution in [1.82, 2.24) is 19.4 Å². The Labute approximate surface area is 164 Å². The molecule has 1 aliphatic rings. The molecule has 1 aromatic heterocycles. The molecular formula is C22H24N4O2. The van der Waals surface area contributed by atoms with E-state index >= 15 is 0 Å². The predicted octanol–water partition coefficient (Wildman–Crippen LogP) is 2.13. The van der Waals surface area contributed by atoms with Crippen LogP contribution >= 0.6 is 0 Å². The van der Waals surface area contributed by atoms with Gasteiger partial charge in [-0.2, -0.15) is 0 Å². The number of carbonyl (C=O) groups is 1. The van der Waals surface area contributed by atoms with Crippen LogP contribution in [0.2, 0.25) is 0 Å². The first-order valence-corrected chi connectivity index (χ1v) is 9.69. The second-order valence-corrected chi connectivity index (χ2v) is 7.15. The first kappa shape index (κ1) is 18.4. The summed E-state index contributed by atoms with van der Waals surface area (Å²) in [6, 6.07) is 17.7. The van der Waals surface area contributed by atoms with Gasteiger partial charge in [-0.25, -0.2) is 4.98 Å². The number of amides is 1. The molecule has 0 N–H and O–H groups in total. The van der Waals surface area contributed by atoms with Gasteiger partial charge in [-0.3, -0.25) is 19.1 Å². The van der Waals surface area contributed by atoms with Crippen molar-refractivity contribution >= 4 is 16.8 Å². The third-order valence-corrected chi connectivity index (χ3v) is 5.27. The minimum Gasteiger partial charge on any atom is -0.340 e. The Hall–Kier alpha value is -2.99. The van der Waals surface area contributed by atoms with E-state index in [4.69, 9.17) is 0 Å². The van der Waals surface area contributed by atoms with Crippen LogP contribution in [0, 0.1) is 0 Å². The molecule has 1 fully saturated rings. The van der Waals surface area contributed by atoms with E-state index in [9.17, 15) is 9.59 Å². The summed E-state index contributed by atoms with van der Waals surface area (Å²) in [7, 11) is 0. The van der Waals surface area contributed by atoms with Crippen molar-refractivity contribution in [3.8, 4) is 0 Å². The number of hydrogen-bond acceptors (Lipinski definition) is 4. The second kappa shape index (κ2) is 8.35. The van der Waals surface area contributed by atoms with Gasteiger partial charge < -0.3 is 4.90 Å². The Morgan fingerprint density at radius 3 is 2.43 bits per heavy atom. The van der Waals surface area contributed by atoms with Crippen molar-refractivity contribution in [2.24, 2.45) is 0 Å². The summed E-state index contributed by atoms with van der Waals surface area (Å²) in [5.41, 5.74) is 1.89. The van der Waals surface area contributed by atoms with Gasteiger partial charge in [-0.05, 0) is 17.7 Å². The zero-order valence-electron chi connectivity index (χ0n) is 15.8. The number of hydrogen-bond donors (Lipinski definition) is 0. The maximum atomic E-state index is 12.6. The zero-order chi connectivity index (χ0) is 19.3. The highest BCUT2D eigenvalue weighted by atomic mass is 16.2. The van der Waals surface area contributed by atoms with Crippen LogP contribution in [0.15, 0.2) is 65.7 Å². The molecular weight excluding hydrogens is 352 g/mol. The van der Waals surface area contributed by atoms with Gasteiger partial charge in [0.2, 0.25) is 5.91 Å². The van der Waals surface area contributed by atoms with E-state index in [-0.39, 0.29) is 11.5 Å². The molecule has 2 aromatic carbocycles. The smallest absolute Gasteiger partial charge is 0.261 e. The standard InChI is InChI=1S/C22H24N4O2/c27-21(10-11-26-17-23-20-9-5-4-8-19(20)22(26)28)25-14-12-24(13-15-25)16-18-6-2-1-3-7-18/h1-9,17H,10-16H2. The molecule has 1 amide bonds. The van der Waals surface area contributed by atoms with E-state index in [1.165, 1.54) is 16.5 Å². The fraction of sp³-hybridized carbons (Fsp3) is 0.318. The van der Waals surface area contributed by atoms with Crippen LogP contribution in [0.1, 0.15) is 12.0 Å². The molecule has 0 aliphatic carbocycles. The first-order valence-electron chi connectivity index (χ1n) is 9.69. The number of carbonyl (C=O) groups excluding carboxylic acids is 1. The highest BCUT2D eigenvalue weighted by Gasteiger charge is 2.21. The van der Waals surface area contributed by atoms with Gasteiger partial charge in [-0.1, -0.05) is 42.5 Å². The van der Waals surface area contributed by atoms with Crippen molar-refractivity contribution in [3.63, 3.8) is 0 Å². The maximum Gasteiger partial charge on any atom is 0.261 e. The van der Waals surface area contributed by atoms with Crippen molar-refractivity contribution in [1.29, 1.82) is 0 Å². The fourth-order valence-electron chi connectivity index (χ4n) is 3.64. The van der Waals surface area contributed by atoms with Crippen molar-refractivity contribution < 1.29 is 4.79 Å². The number of aromatic nitrogens is 2. The average Bonchev–Trinajstić information content (AvgIpc) is 2.74. The number of aryl methyl sites for hydroxylation is 1. The molecule has 0 atom stereocenters. The summed E-state index contributed by atoms with van der Waals surface area (Å²) in [6.07, 6.45) is 1.86. The molecule has 0 unspecified atom stereocenters. The lowest BCUT2D eigenvalue weighted by Gasteiger charge is -2.34. The van der Waals surface area contributed by atoms with Crippen LogP contribution in [0.25, 0.3) is 10.9 Å². The molecule has 1 saturated heterocycles. The van der Waals surface area contributed by atoms with Crippen LogP contribution in [0.5, 0.6) is 0 Å². The van der Waals surface area contributed by atoms with Crippen LogP contribution in [-0.4, -0.2) is 51.4 Å². The lowest BCUT2D eigenvalue weighted by Crippen LogP contribution is -2.48. The van der Waals surface area contributed by atoms with E-state index in [1.807, 2.05) is 29.2 Å². The van der Waals surface area contributed by atoms with Gasteiger partial charge in [0.25, 0.3) is 5.56 Å². The number of rotatable bonds is 5. The van der Waals surface area contributed by atoms with E-state index in [1.54, 1.807) is 6.07 Å². The first-order chi connectivity index (χ1) is 13.7. The number of piperazine rings is 1. The van der Waals surface area contributed by atoms with Crippen molar-refractivity contribution in [2.75, 3.05) is 26.2 Å². The van der Waals surface area contributed by atoms with E-state index < -0.39 is 0 Å². The predicted molar refractivity (Wildman–Crippen MR) is 109 cm³/mol. The summed E-state index contributed by atoms with van der Waals surface area (Å²) in [6.45, 7) is 4.49. The molecule has 28 heavy (non-hydrogen) atoms. The molecule has 0 spiro atoms. The number of nitrogens with zero attached hydrogens (tertiary/aromatic N) is 4. The molecule has 144 valence electrons. The van der Waals surface area contributed by atoms with Crippen LogP contribution < -0.4 is 5.56 Å². The van der Waals surface area contributed by atoms with Gasteiger partial charge in [-0.15, -0.1) is 0 Å². The van der Waals surface area contributed by atoms with Gasteiger partial charge >= 0.3 is 0 Å². The minimum atomic E-state index is -0.0916. The summed E-state index contributed by atoms with van der Waals surface area (Å²) < 4.78 is 1.53. The molecule has 0 radical (unpaired) electrons. The normalized spacial score (nSPS) is 15.1. The topological polar surface area (TPSA) is 58.4 Å². The van der Waals surface area contributed by atoms with Gasteiger partial charge in [0.15, 0.2) is 0 Å². The third kappa shape index (κ3) is 4.12. The Morgan fingerprint density at radius 1 is 0.929 bits per heavy atom. The zero-order valence-corrected chi connectivity index (χ0v) is 15.8. The monoisotopic (exact) mass is 376 g/mol. The number of benzene rings is 2. The Bertz CT molecular complexity index is 1010. The largest absolute Gasteiger partial charge is 0.340 e. The SMILES string of the molecule is O=C(CCn1cnc2ccccc2c1=O)N1CCN(Cc2ccccc2)CC1. The maximum absolute atomic E-state index is 12.6. The lowest BCUT2D eigenvalue weighted by atomic mass is 10.2. The molecule has 4 rings (SSSR count). The lowest BCUT2D eigenvalue weighted by molar-refractivity contribution is -0.133. The van der Waals surface area contributed by atoms with Gasteiger partial charge in [0, 0.05) is 45.7 Å². The third-order valence-electron chi connectivity index (χ3n) is 5.27. The quantitative estimate of drug-likeness (QED) is 0.685. The number of fused-ring (bicyclic) bond motifs is 1. The Balaban J connectivity index is 1.30. The number of para-hydroxylation sites is 1. The fourth-order valence-corrected chi connectivity index (χ4v) is 3.64. The van der Waals surface area contributed by atoms with Crippen molar-refractivity contribution in [2.45, 2.75) is 19.5 Å². The molecule has 1 aliphatic heterocycles. The van der Waals surface area contributed by atoms with Crippen LogP contribution in [-0.2, 0) is 17.9 Å². The van der Waals surface area contributed by atoms with Crippen molar-refractivity contribution in [3.05, 3.63) is 76.8 Å². The summed E-state index contributed by atoms with van der Waals surface area (Å²) >= 11 is 0. The highest BCUT2D eigenvalue weighted by molar-refractivity contribution is 5.77. The molecule has 0 bridgehead atoms. The second-order valence-electron chi connectivity index (χ2n) is 7.15. The summed E-state index contributed by atoms with van der Waals surface area (Å²) in [5.74, 6) is 0.0967. The van der Waals surface area contributed by atoms with Gasteiger partial charge in [0.1, 0.15) is 0 Å². The minimum absolute atomic E-state index is 0.0916. The van der Waals surface area contributed by atoms with E-state index in [0.29, 0.717) is 23.9 Å². The highest BCUT2D eigenvalue weighted by Crippen LogP contribution is 2.10. The molecule has 6 heteroatoms.